The number of carboxylic acids is 1. The van der Waals surface area contributed by atoms with Crippen LogP contribution in [0.25, 0.3) is 11.1 Å². The number of rotatable bonds is 11. The number of ether oxygens (including phenoxy) is 2. The molecular weight excluding hydrogens is 507 g/mol. The SMILES string of the molecule is COCCN(CCOC)C(=O)c1cc(-c2cnc(N3CCCC3)nc2)cn1CC1CC1.O=C(O)C(F)(F)F. The van der Waals surface area contributed by atoms with Crippen LogP contribution in [0, 0.1) is 5.92 Å². The normalized spacial score (nSPS) is 15.2. The molecule has 1 aliphatic heterocycles. The molecule has 2 fully saturated rings. The summed E-state index contributed by atoms with van der Waals surface area (Å²) in [6.45, 7) is 4.99. The van der Waals surface area contributed by atoms with Gasteiger partial charge in [-0.2, -0.15) is 13.2 Å². The van der Waals surface area contributed by atoms with E-state index in [0.29, 0.717) is 37.9 Å². The van der Waals surface area contributed by atoms with Crippen LogP contribution >= 0.6 is 0 Å². The number of alkyl halides is 3. The predicted molar refractivity (Wildman–Crippen MR) is 133 cm³/mol. The number of anilines is 1. The summed E-state index contributed by atoms with van der Waals surface area (Å²) < 4.78 is 44.3. The number of nitrogens with zero attached hydrogens (tertiary/aromatic N) is 5. The number of hydrogen-bond acceptors (Lipinski definition) is 7. The molecule has 0 aromatic carbocycles. The number of carbonyl (C=O) groups excluding carboxylic acids is 1. The maximum absolute atomic E-state index is 13.4. The number of amides is 1. The first kappa shape index (κ1) is 29.4. The van der Waals surface area contributed by atoms with Gasteiger partial charge in [-0.25, -0.2) is 14.8 Å². The van der Waals surface area contributed by atoms with Crippen LogP contribution in [0.5, 0.6) is 0 Å². The van der Waals surface area contributed by atoms with Crippen molar-refractivity contribution >= 4 is 17.8 Å². The molecule has 210 valence electrons. The Morgan fingerprint density at radius 1 is 1.05 bits per heavy atom. The molecule has 1 aliphatic carbocycles. The number of aromatic nitrogens is 3. The number of aliphatic carboxylic acids is 1. The van der Waals surface area contributed by atoms with Gasteiger partial charge >= 0.3 is 12.1 Å². The third kappa shape index (κ3) is 8.42. The maximum Gasteiger partial charge on any atom is 0.490 e. The maximum atomic E-state index is 13.4. The van der Waals surface area contributed by atoms with E-state index in [0.717, 1.165) is 36.7 Å². The lowest BCUT2D eigenvalue weighted by molar-refractivity contribution is -0.192. The van der Waals surface area contributed by atoms with Crippen molar-refractivity contribution in [2.45, 2.75) is 38.4 Å². The summed E-state index contributed by atoms with van der Waals surface area (Å²) in [7, 11) is 3.30. The van der Waals surface area contributed by atoms with E-state index >= 15 is 0 Å². The number of halogens is 3. The van der Waals surface area contributed by atoms with Crippen molar-refractivity contribution in [2.24, 2.45) is 5.92 Å². The lowest BCUT2D eigenvalue weighted by atomic mass is 10.2. The molecule has 1 saturated heterocycles. The van der Waals surface area contributed by atoms with Crippen molar-refractivity contribution in [1.29, 1.82) is 0 Å². The largest absolute Gasteiger partial charge is 0.490 e. The van der Waals surface area contributed by atoms with Gasteiger partial charge in [-0.3, -0.25) is 4.79 Å². The Labute approximate surface area is 219 Å². The topological polar surface area (TPSA) is 110 Å². The molecule has 13 heteroatoms. The van der Waals surface area contributed by atoms with Crippen molar-refractivity contribution in [3.8, 4) is 11.1 Å². The van der Waals surface area contributed by atoms with E-state index in [1.165, 1.54) is 25.7 Å². The Bertz CT molecular complexity index is 1040. The fourth-order valence-electron chi connectivity index (χ4n) is 4.01. The minimum absolute atomic E-state index is 0.00982. The summed E-state index contributed by atoms with van der Waals surface area (Å²) in [6.07, 6.45) is 5.59. The quantitative estimate of drug-likeness (QED) is 0.462. The molecule has 4 rings (SSSR count). The Morgan fingerprint density at radius 3 is 2.08 bits per heavy atom. The van der Waals surface area contributed by atoms with E-state index in [4.69, 9.17) is 19.4 Å². The molecule has 0 atom stereocenters. The third-order valence-corrected chi connectivity index (χ3v) is 6.29. The zero-order valence-electron chi connectivity index (χ0n) is 21.6. The van der Waals surface area contributed by atoms with Gasteiger partial charge in [-0.05, 0) is 37.7 Å². The van der Waals surface area contributed by atoms with Crippen molar-refractivity contribution in [2.75, 3.05) is 58.5 Å². The van der Waals surface area contributed by atoms with E-state index in [2.05, 4.69) is 25.6 Å². The highest BCUT2D eigenvalue weighted by atomic mass is 19.4. The van der Waals surface area contributed by atoms with Crippen LogP contribution in [-0.2, 0) is 20.8 Å². The van der Waals surface area contributed by atoms with Crippen LogP contribution in [0.15, 0.2) is 24.7 Å². The van der Waals surface area contributed by atoms with Crippen LogP contribution in [-0.4, -0.2) is 96.2 Å². The monoisotopic (exact) mass is 541 g/mol. The smallest absolute Gasteiger partial charge is 0.475 e. The number of carboxylic acid groups (broad SMARTS) is 1. The standard InChI is InChI=1S/C23H33N5O3.C2HF3O2/c1-30-11-9-26(10-12-31-2)22(29)21-13-19(17-28(21)16-18-5-6-18)20-14-24-23(25-15-20)27-7-3-4-8-27;3-2(4,5)1(6)7/h13-15,17-18H,3-12,16H2,1-2H3;(H,6,7). The summed E-state index contributed by atoms with van der Waals surface area (Å²) in [6, 6.07) is 1.98. The molecule has 1 amide bonds. The van der Waals surface area contributed by atoms with Gasteiger partial charge in [0.05, 0.1) is 13.2 Å². The molecule has 0 radical (unpaired) electrons. The summed E-state index contributed by atoms with van der Waals surface area (Å²) in [5.74, 6) is -1.30. The molecular formula is C25H34F3N5O5. The number of hydrogen-bond donors (Lipinski definition) is 1. The van der Waals surface area contributed by atoms with Crippen molar-refractivity contribution in [1.82, 2.24) is 19.4 Å². The molecule has 1 saturated carbocycles. The second kappa shape index (κ2) is 13.6. The van der Waals surface area contributed by atoms with E-state index in [1.807, 2.05) is 23.4 Å². The molecule has 1 N–H and O–H groups in total. The Kier molecular flexibility index (Phi) is 10.5. The van der Waals surface area contributed by atoms with Crippen LogP contribution < -0.4 is 4.90 Å². The van der Waals surface area contributed by atoms with Crippen molar-refractivity contribution in [3.63, 3.8) is 0 Å². The lowest BCUT2D eigenvalue weighted by Crippen LogP contribution is -2.37. The summed E-state index contributed by atoms with van der Waals surface area (Å²) in [5.41, 5.74) is 2.63. The van der Waals surface area contributed by atoms with Crippen LogP contribution in [0.3, 0.4) is 0 Å². The van der Waals surface area contributed by atoms with Gasteiger partial charge in [0, 0.05) is 76.7 Å². The first-order valence-corrected chi connectivity index (χ1v) is 12.5. The highest BCUT2D eigenvalue weighted by Gasteiger charge is 2.38. The average Bonchev–Trinajstić information content (AvgIpc) is 3.36. The van der Waals surface area contributed by atoms with Crippen LogP contribution in [0.4, 0.5) is 19.1 Å². The van der Waals surface area contributed by atoms with E-state index < -0.39 is 12.1 Å². The first-order valence-electron chi connectivity index (χ1n) is 12.5. The highest BCUT2D eigenvalue weighted by molar-refractivity contribution is 5.94. The number of methoxy groups -OCH3 is 2. The third-order valence-electron chi connectivity index (χ3n) is 6.29. The summed E-state index contributed by atoms with van der Waals surface area (Å²) in [4.78, 5) is 35.5. The fourth-order valence-corrected chi connectivity index (χ4v) is 4.01. The van der Waals surface area contributed by atoms with Crippen LogP contribution in [0.1, 0.15) is 36.2 Å². The van der Waals surface area contributed by atoms with Gasteiger partial charge in [-0.1, -0.05) is 0 Å². The molecule has 2 aromatic rings. The predicted octanol–water partition coefficient (Wildman–Crippen LogP) is 3.32. The molecule has 2 aliphatic rings. The highest BCUT2D eigenvalue weighted by Crippen LogP contribution is 2.33. The Morgan fingerprint density at radius 2 is 1.61 bits per heavy atom. The van der Waals surface area contributed by atoms with Gasteiger partial charge in [0.2, 0.25) is 5.95 Å². The van der Waals surface area contributed by atoms with E-state index in [-0.39, 0.29) is 5.91 Å². The molecule has 0 spiro atoms. The molecule has 2 aromatic heterocycles. The average molecular weight is 542 g/mol. The zero-order chi connectivity index (χ0) is 27.7. The Balaban J connectivity index is 0.000000505. The van der Waals surface area contributed by atoms with E-state index in [1.54, 1.807) is 14.2 Å². The molecule has 10 nitrogen and oxygen atoms in total. The zero-order valence-corrected chi connectivity index (χ0v) is 21.6. The second-order valence-electron chi connectivity index (χ2n) is 9.26. The minimum Gasteiger partial charge on any atom is -0.475 e. The van der Waals surface area contributed by atoms with Gasteiger partial charge < -0.3 is 28.9 Å². The lowest BCUT2D eigenvalue weighted by Gasteiger charge is -2.22. The fraction of sp³-hybridized carbons (Fsp3) is 0.600. The van der Waals surface area contributed by atoms with Crippen molar-refractivity contribution < 1.29 is 37.3 Å². The van der Waals surface area contributed by atoms with E-state index in [9.17, 15) is 18.0 Å². The van der Waals surface area contributed by atoms with Crippen LogP contribution in [0.2, 0.25) is 0 Å². The summed E-state index contributed by atoms with van der Waals surface area (Å²) in [5, 5.41) is 7.12. The summed E-state index contributed by atoms with van der Waals surface area (Å²) >= 11 is 0. The van der Waals surface area contributed by atoms with Gasteiger partial charge in [0.25, 0.3) is 5.91 Å². The van der Waals surface area contributed by atoms with Gasteiger partial charge in [0.15, 0.2) is 0 Å². The van der Waals surface area contributed by atoms with Gasteiger partial charge in [-0.15, -0.1) is 0 Å². The molecule has 38 heavy (non-hydrogen) atoms. The minimum atomic E-state index is -5.08. The van der Waals surface area contributed by atoms with Crippen molar-refractivity contribution in [3.05, 3.63) is 30.4 Å². The first-order chi connectivity index (χ1) is 18.1. The number of carbonyl (C=O) groups is 2. The molecule has 3 heterocycles. The molecule has 0 bridgehead atoms. The van der Waals surface area contributed by atoms with Gasteiger partial charge in [0.1, 0.15) is 5.69 Å². The second-order valence-corrected chi connectivity index (χ2v) is 9.26. The Hall–Kier alpha value is -3.19. The molecule has 0 unspecified atom stereocenters.